The van der Waals surface area contributed by atoms with Crippen LogP contribution in [0.25, 0.3) is 27.8 Å². The lowest BCUT2D eigenvalue weighted by atomic mass is 9.91. The number of hydrogen-bond acceptors (Lipinski definition) is 7. The highest BCUT2D eigenvalue weighted by atomic mass is 19.4. The molecule has 4 aromatic heterocycles. The maximum absolute atomic E-state index is 10.6. The van der Waals surface area contributed by atoms with Crippen LogP contribution in [0.4, 0.5) is 19.0 Å². The molecule has 1 aliphatic carbocycles. The van der Waals surface area contributed by atoms with Crippen molar-refractivity contribution in [1.29, 1.82) is 0 Å². The monoisotopic (exact) mass is 561 g/mol. The summed E-state index contributed by atoms with van der Waals surface area (Å²) in [5.74, 6) is -0.990. The molecule has 7 rings (SSSR count). The molecule has 0 spiro atoms. The van der Waals surface area contributed by atoms with E-state index in [-0.39, 0.29) is 5.41 Å². The fourth-order valence-electron chi connectivity index (χ4n) is 5.21. The van der Waals surface area contributed by atoms with Gasteiger partial charge in [-0.1, -0.05) is 12.1 Å². The molecule has 0 unspecified atom stereocenters. The van der Waals surface area contributed by atoms with Gasteiger partial charge in [0.15, 0.2) is 0 Å². The minimum absolute atomic E-state index is 0.0197. The Kier molecular flexibility index (Phi) is 6.78. The summed E-state index contributed by atoms with van der Waals surface area (Å²) in [4.78, 5) is 29.8. The van der Waals surface area contributed by atoms with Gasteiger partial charge in [-0.05, 0) is 48.7 Å². The Bertz CT molecular complexity index is 1710. The topological polar surface area (TPSA) is 109 Å². The highest BCUT2D eigenvalue weighted by Gasteiger charge is 2.48. The Morgan fingerprint density at radius 3 is 2.34 bits per heavy atom. The molecule has 12 heteroatoms. The Labute approximate surface area is 232 Å². The van der Waals surface area contributed by atoms with E-state index in [9.17, 15) is 13.2 Å². The number of imidazole rings is 1. The fourth-order valence-corrected chi connectivity index (χ4v) is 5.21. The van der Waals surface area contributed by atoms with Gasteiger partial charge in [0.05, 0.1) is 17.4 Å². The van der Waals surface area contributed by atoms with Gasteiger partial charge in [0.1, 0.15) is 5.82 Å². The third kappa shape index (κ3) is 5.30. The largest absolute Gasteiger partial charge is 0.490 e. The van der Waals surface area contributed by atoms with Gasteiger partial charge in [-0.15, -0.1) is 0 Å². The van der Waals surface area contributed by atoms with Gasteiger partial charge in [0, 0.05) is 72.9 Å². The quantitative estimate of drug-likeness (QED) is 0.331. The molecule has 2 N–H and O–H groups in total. The van der Waals surface area contributed by atoms with Crippen LogP contribution in [-0.4, -0.2) is 67.8 Å². The zero-order valence-corrected chi connectivity index (χ0v) is 21.8. The number of aliphatic carboxylic acids is 1. The summed E-state index contributed by atoms with van der Waals surface area (Å²) in [6.45, 7) is 3.99. The first kappa shape index (κ1) is 26.6. The van der Waals surface area contributed by atoms with Crippen LogP contribution in [0.2, 0.25) is 0 Å². The number of carboxylic acid groups (broad SMARTS) is 1. The number of piperazine rings is 1. The predicted molar refractivity (Wildman–Crippen MR) is 147 cm³/mol. The molecule has 1 aromatic carbocycles. The van der Waals surface area contributed by atoms with Crippen molar-refractivity contribution >= 4 is 28.5 Å². The van der Waals surface area contributed by atoms with Gasteiger partial charge < -0.3 is 15.3 Å². The van der Waals surface area contributed by atoms with Crippen molar-refractivity contribution in [3.8, 4) is 11.1 Å². The van der Waals surface area contributed by atoms with Crippen LogP contribution in [0.1, 0.15) is 24.1 Å². The molecule has 5 aromatic rings. The second-order valence-electron chi connectivity index (χ2n) is 10.1. The number of carbonyl (C=O) groups is 1. The third-order valence-corrected chi connectivity index (χ3v) is 7.53. The molecule has 5 heterocycles. The van der Waals surface area contributed by atoms with Gasteiger partial charge in [0.25, 0.3) is 0 Å². The Morgan fingerprint density at radius 2 is 1.66 bits per heavy atom. The van der Waals surface area contributed by atoms with Crippen LogP contribution in [0.3, 0.4) is 0 Å². The summed E-state index contributed by atoms with van der Waals surface area (Å²) >= 11 is 0. The molecular weight excluding hydrogens is 535 g/mol. The third-order valence-electron chi connectivity index (χ3n) is 7.53. The minimum Gasteiger partial charge on any atom is -0.475 e. The van der Waals surface area contributed by atoms with E-state index in [1.807, 2.05) is 30.9 Å². The average Bonchev–Trinajstić information content (AvgIpc) is 3.69. The second kappa shape index (κ2) is 10.4. The van der Waals surface area contributed by atoms with Crippen molar-refractivity contribution in [2.24, 2.45) is 0 Å². The maximum Gasteiger partial charge on any atom is 0.490 e. The van der Waals surface area contributed by atoms with Crippen molar-refractivity contribution < 1.29 is 23.1 Å². The number of hydrogen-bond donors (Lipinski definition) is 2. The molecule has 1 saturated heterocycles. The van der Waals surface area contributed by atoms with Crippen molar-refractivity contribution in [3.63, 3.8) is 0 Å². The number of aromatic nitrogens is 5. The number of pyridine rings is 2. The van der Waals surface area contributed by atoms with E-state index in [2.05, 4.69) is 72.2 Å². The molecule has 0 amide bonds. The smallest absolute Gasteiger partial charge is 0.475 e. The van der Waals surface area contributed by atoms with E-state index in [0.29, 0.717) is 0 Å². The molecular formula is C29H26F3N7O2. The highest BCUT2D eigenvalue weighted by molar-refractivity contribution is 5.80. The fraction of sp³-hybridized carbons (Fsp3) is 0.276. The van der Waals surface area contributed by atoms with Crippen molar-refractivity contribution in [2.75, 3.05) is 31.1 Å². The van der Waals surface area contributed by atoms with Crippen LogP contribution in [0.15, 0.2) is 73.4 Å². The number of alkyl halides is 3. The van der Waals surface area contributed by atoms with E-state index < -0.39 is 12.1 Å². The number of nitrogens with one attached hydrogen (secondary N) is 1. The second-order valence-corrected chi connectivity index (χ2v) is 10.1. The van der Waals surface area contributed by atoms with Crippen LogP contribution < -0.4 is 10.2 Å². The number of anilines is 1. The van der Waals surface area contributed by atoms with E-state index in [4.69, 9.17) is 14.9 Å². The Morgan fingerprint density at radius 1 is 0.927 bits per heavy atom. The van der Waals surface area contributed by atoms with Crippen LogP contribution in [0.5, 0.6) is 0 Å². The summed E-state index contributed by atoms with van der Waals surface area (Å²) in [7, 11) is 0. The predicted octanol–water partition coefficient (Wildman–Crippen LogP) is 4.46. The first-order valence-electron chi connectivity index (χ1n) is 13.2. The Balaban J connectivity index is 0.000000387. The molecule has 1 aliphatic heterocycles. The van der Waals surface area contributed by atoms with E-state index in [1.165, 1.54) is 16.6 Å². The van der Waals surface area contributed by atoms with Crippen LogP contribution in [-0.2, 0) is 10.2 Å². The lowest BCUT2D eigenvalue weighted by molar-refractivity contribution is -0.192. The molecule has 2 aliphatic rings. The number of halogens is 3. The number of carboxylic acids is 1. The van der Waals surface area contributed by atoms with Crippen molar-refractivity contribution in [3.05, 3.63) is 84.7 Å². The molecule has 210 valence electrons. The summed E-state index contributed by atoms with van der Waals surface area (Å²) < 4.78 is 33.9. The average molecular weight is 562 g/mol. The van der Waals surface area contributed by atoms with E-state index in [0.717, 1.165) is 67.3 Å². The van der Waals surface area contributed by atoms with Gasteiger partial charge in [-0.2, -0.15) is 13.2 Å². The summed E-state index contributed by atoms with van der Waals surface area (Å²) in [6, 6.07) is 15.0. The summed E-state index contributed by atoms with van der Waals surface area (Å²) in [5, 5.41) is 11.7. The summed E-state index contributed by atoms with van der Waals surface area (Å²) in [6.07, 6.45) is 7.00. The van der Waals surface area contributed by atoms with Crippen molar-refractivity contribution in [1.82, 2.24) is 29.7 Å². The standard InChI is InChI=1S/C27H25N7.C2HF3O2/c1-2-19-14-22(4-5-23(19)29-9-1)27(7-8-27)24-17-32-26-31-16-21(18-34(24)26)20-3-6-25(30-15-20)33-12-10-28-11-13-33;3-2(4,5)1(6)7/h1-6,9,14-18,28H,7-8,10-13H2;(H,6,7). The van der Waals surface area contributed by atoms with Gasteiger partial charge in [-0.25, -0.2) is 19.7 Å². The molecule has 0 radical (unpaired) electrons. The molecule has 1 saturated carbocycles. The first-order chi connectivity index (χ1) is 19.7. The van der Waals surface area contributed by atoms with Gasteiger partial charge in [-0.3, -0.25) is 9.38 Å². The van der Waals surface area contributed by atoms with Gasteiger partial charge in [0.2, 0.25) is 5.78 Å². The first-order valence-corrected chi connectivity index (χ1v) is 13.2. The summed E-state index contributed by atoms with van der Waals surface area (Å²) in [5.41, 5.74) is 5.64. The SMILES string of the molecule is O=C(O)C(F)(F)F.c1cnc2ccc(C3(c4cnc5ncc(-c6ccc(N7CCNCC7)nc6)cn45)CC3)cc2c1. The number of benzene rings is 1. The lowest BCUT2D eigenvalue weighted by Crippen LogP contribution is -2.43. The van der Waals surface area contributed by atoms with Crippen LogP contribution in [0, 0.1) is 0 Å². The van der Waals surface area contributed by atoms with E-state index in [1.54, 1.807) is 0 Å². The number of rotatable bonds is 4. The van der Waals surface area contributed by atoms with Crippen LogP contribution >= 0.6 is 0 Å². The lowest BCUT2D eigenvalue weighted by Gasteiger charge is -2.28. The maximum atomic E-state index is 10.6. The molecule has 41 heavy (non-hydrogen) atoms. The van der Waals surface area contributed by atoms with Gasteiger partial charge >= 0.3 is 12.1 Å². The molecule has 0 atom stereocenters. The zero-order valence-electron chi connectivity index (χ0n) is 21.8. The Hall–Kier alpha value is -4.58. The zero-order chi connectivity index (χ0) is 28.6. The highest BCUT2D eigenvalue weighted by Crippen LogP contribution is 2.53. The normalized spacial score (nSPS) is 16.3. The minimum atomic E-state index is -5.08. The van der Waals surface area contributed by atoms with E-state index >= 15 is 0 Å². The molecule has 2 fully saturated rings. The molecule has 9 nitrogen and oxygen atoms in total. The number of fused-ring (bicyclic) bond motifs is 2. The van der Waals surface area contributed by atoms with Crippen molar-refractivity contribution in [2.45, 2.75) is 24.4 Å². The molecule has 0 bridgehead atoms. The number of nitrogens with zero attached hydrogens (tertiary/aromatic N) is 6.